The van der Waals surface area contributed by atoms with Gasteiger partial charge in [0.2, 0.25) is 0 Å². The number of H-pyrrole nitrogens is 1. The topological polar surface area (TPSA) is 68.2 Å². The molecule has 4 aromatic rings. The molecule has 1 aromatic carbocycles. The summed E-state index contributed by atoms with van der Waals surface area (Å²) >= 11 is 0. The second-order valence-electron chi connectivity index (χ2n) is 6.95. The molecule has 1 saturated heterocycles. The molecule has 0 atom stereocenters. The molecule has 0 radical (unpaired) electrons. The molecule has 1 fully saturated rings. The molecule has 1 aliphatic rings. The first-order chi connectivity index (χ1) is 13.8. The first kappa shape index (κ1) is 17.1. The van der Waals surface area contributed by atoms with Crippen molar-refractivity contribution < 1.29 is 9.47 Å². The van der Waals surface area contributed by atoms with Crippen molar-refractivity contribution in [3.05, 3.63) is 36.8 Å². The van der Waals surface area contributed by atoms with E-state index in [0.29, 0.717) is 0 Å². The number of benzene rings is 1. The highest BCUT2D eigenvalue weighted by atomic mass is 16.5. The van der Waals surface area contributed by atoms with E-state index in [1.165, 1.54) is 5.52 Å². The van der Waals surface area contributed by atoms with E-state index in [4.69, 9.17) is 9.47 Å². The maximum Gasteiger partial charge on any atom is 0.143 e. The zero-order valence-electron chi connectivity index (χ0n) is 16.1. The summed E-state index contributed by atoms with van der Waals surface area (Å²) in [6.07, 6.45) is 3.82. The third kappa shape index (κ3) is 2.70. The highest BCUT2D eigenvalue weighted by Crippen LogP contribution is 2.35. The van der Waals surface area contributed by atoms with Gasteiger partial charge in [-0.15, -0.1) is 0 Å². The molecule has 0 spiro atoms. The lowest BCUT2D eigenvalue weighted by Crippen LogP contribution is -2.36. The predicted octanol–water partition coefficient (Wildman–Crippen LogP) is 3.44. The fraction of sp³-hybridized carbons (Fsp3) is 0.333. The van der Waals surface area contributed by atoms with Gasteiger partial charge in [-0.1, -0.05) is 0 Å². The average Bonchev–Trinajstić information content (AvgIpc) is 3.34. The highest BCUT2D eigenvalue weighted by Gasteiger charge is 2.19. The van der Waals surface area contributed by atoms with Crippen LogP contribution in [-0.2, 0) is 11.3 Å². The molecule has 7 nitrogen and oxygen atoms in total. The molecule has 3 aromatic heterocycles. The molecule has 4 heterocycles. The molecular formula is C21H23N5O2. The van der Waals surface area contributed by atoms with Crippen LogP contribution in [0.15, 0.2) is 36.8 Å². The van der Waals surface area contributed by atoms with Crippen molar-refractivity contribution >= 4 is 27.8 Å². The minimum absolute atomic E-state index is 0.729. The number of aromatic nitrogens is 4. The lowest BCUT2D eigenvalue weighted by Gasteiger charge is -2.27. The molecule has 28 heavy (non-hydrogen) atoms. The number of methoxy groups -OCH3 is 1. The lowest BCUT2D eigenvalue weighted by molar-refractivity contribution is 0.122. The summed E-state index contributed by atoms with van der Waals surface area (Å²) in [5, 5.41) is 2.20. The Morgan fingerprint density at radius 3 is 2.79 bits per heavy atom. The average molecular weight is 377 g/mol. The van der Waals surface area contributed by atoms with E-state index in [-0.39, 0.29) is 0 Å². The van der Waals surface area contributed by atoms with Gasteiger partial charge in [-0.25, -0.2) is 9.97 Å². The van der Waals surface area contributed by atoms with Crippen molar-refractivity contribution in [3.63, 3.8) is 0 Å². The van der Waals surface area contributed by atoms with Crippen molar-refractivity contribution in [2.45, 2.75) is 13.5 Å². The van der Waals surface area contributed by atoms with Gasteiger partial charge in [0.05, 0.1) is 25.7 Å². The zero-order chi connectivity index (χ0) is 19.1. The molecule has 0 bridgehead atoms. The number of aryl methyl sites for hydroxylation is 1. The number of fused-ring (bicyclic) bond motifs is 2. The number of hydrogen-bond donors (Lipinski definition) is 1. The number of ether oxygens (including phenoxy) is 2. The second kappa shape index (κ2) is 6.83. The van der Waals surface area contributed by atoms with Crippen molar-refractivity contribution in [2.75, 3.05) is 38.3 Å². The smallest absolute Gasteiger partial charge is 0.143 e. The predicted molar refractivity (Wildman–Crippen MR) is 110 cm³/mol. The van der Waals surface area contributed by atoms with Crippen LogP contribution in [0.1, 0.15) is 6.92 Å². The number of nitrogens with one attached hydrogen (secondary N) is 1. The summed E-state index contributed by atoms with van der Waals surface area (Å²) in [5.41, 5.74) is 4.22. The van der Waals surface area contributed by atoms with Crippen molar-refractivity contribution in [2.24, 2.45) is 0 Å². The standard InChI is InChI=1S/C21H23N5O2/c1-3-25-12-17(15-10-14(27-2)4-5-19(15)25)18-11-16-20(24-18)22-13-23-21(16)26-6-8-28-9-7-26/h4-5,10-13H,3,6-9H2,1-2H3,(H,22,23,24). The van der Waals surface area contributed by atoms with Gasteiger partial charge in [0.1, 0.15) is 23.5 Å². The first-order valence-corrected chi connectivity index (χ1v) is 9.62. The summed E-state index contributed by atoms with van der Waals surface area (Å²) in [6, 6.07) is 8.37. The zero-order valence-corrected chi connectivity index (χ0v) is 16.1. The third-order valence-electron chi connectivity index (χ3n) is 5.43. The minimum atomic E-state index is 0.729. The Balaban J connectivity index is 1.67. The number of morpholine rings is 1. The van der Waals surface area contributed by atoms with Crippen molar-refractivity contribution in [3.8, 4) is 17.0 Å². The Kier molecular flexibility index (Phi) is 4.16. The van der Waals surface area contributed by atoms with Gasteiger partial charge in [0.15, 0.2) is 0 Å². The molecule has 7 heteroatoms. The normalized spacial score (nSPS) is 14.9. The van der Waals surface area contributed by atoms with Gasteiger partial charge in [-0.05, 0) is 31.2 Å². The number of aromatic amines is 1. The van der Waals surface area contributed by atoms with Crippen LogP contribution in [-0.4, -0.2) is 52.9 Å². The fourth-order valence-electron chi connectivity index (χ4n) is 3.98. The lowest BCUT2D eigenvalue weighted by atomic mass is 10.1. The van der Waals surface area contributed by atoms with Crippen LogP contribution < -0.4 is 9.64 Å². The molecule has 1 aliphatic heterocycles. The van der Waals surface area contributed by atoms with Crippen LogP contribution in [0.3, 0.4) is 0 Å². The van der Waals surface area contributed by atoms with E-state index >= 15 is 0 Å². The van der Waals surface area contributed by atoms with Crippen LogP contribution in [0, 0.1) is 0 Å². The molecular weight excluding hydrogens is 354 g/mol. The Labute approximate surface area is 162 Å². The molecule has 0 aliphatic carbocycles. The molecule has 0 amide bonds. The molecule has 0 saturated carbocycles. The first-order valence-electron chi connectivity index (χ1n) is 9.62. The molecule has 5 rings (SSSR count). The number of rotatable bonds is 4. The van der Waals surface area contributed by atoms with Crippen LogP contribution >= 0.6 is 0 Å². The monoisotopic (exact) mass is 377 g/mol. The molecule has 0 unspecified atom stereocenters. The SMILES string of the molecule is CCn1cc(-c2cc3c(N4CCOCC4)ncnc3[nH]2)c2cc(OC)ccc21. The fourth-order valence-corrected chi connectivity index (χ4v) is 3.98. The van der Waals surface area contributed by atoms with E-state index in [2.05, 4.69) is 55.7 Å². The second-order valence-corrected chi connectivity index (χ2v) is 6.95. The minimum Gasteiger partial charge on any atom is -0.497 e. The largest absolute Gasteiger partial charge is 0.497 e. The summed E-state index contributed by atoms with van der Waals surface area (Å²) in [5.74, 6) is 1.82. The molecule has 144 valence electrons. The maximum atomic E-state index is 5.49. The Morgan fingerprint density at radius 1 is 1.14 bits per heavy atom. The summed E-state index contributed by atoms with van der Waals surface area (Å²) in [4.78, 5) is 14.8. The van der Waals surface area contributed by atoms with Gasteiger partial charge in [0.25, 0.3) is 0 Å². The Bertz CT molecular complexity index is 1140. The maximum absolute atomic E-state index is 5.49. The van der Waals surface area contributed by atoms with E-state index in [9.17, 15) is 0 Å². The van der Waals surface area contributed by atoms with Crippen LogP contribution in [0.2, 0.25) is 0 Å². The van der Waals surface area contributed by atoms with Gasteiger partial charge in [-0.3, -0.25) is 0 Å². The Morgan fingerprint density at radius 2 is 2.00 bits per heavy atom. The summed E-state index contributed by atoms with van der Waals surface area (Å²) in [6.45, 7) is 6.21. The van der Waals surface area contributed by atoms with Gasteiger partial charge in [0, 0.05) is 48.0 Å². The number of nitrogens with zero attached hydrogens (tertiary/aromatic N) is 4. The summed E-state index contributed by atoms with van der Waals surface area (Å²) in [7, 11) is 1.70. The van der Waals surface area contributed by atoms with E-state index in [1.807, 2.05) is 6.07 Å². The highest BCUT2D eigenvalue weighted by molar-refractivity contribution is 6.00. The quantitative estimate of drug-likeness (QED) is 0.590. The van der Waals surface area contributed by atoms with Gasteiger partial charge < -0.3 is 23.9 Å². The molecule has 1 N–H and O–H groups in total. The number of anilines is 1. The Hall–Kier alpha value is -3.06. The van der Waals surface area contributed by atoms with Crippen LogP contribution in [0.25, 0.3) is 33.2 Å². The van der Waals surface area contributed by atoms with Crippen molar-refractivity contribution in [1.29, 1.82) is 0 Å². The van der Waals surface area contributed by atoms with E-state index < -0.39 is 0 Å². The number of hydrogen-bond acceptors (Lipinski definition) is 5. The van der Waals surface area contributed by atoms with Gasteiger partial charge >= 0.3 is 0 Å². The van der Waals surface area contributed by atoms with Gasteiger partial charge in [-0.2, -0.15) is 0 Å². The van der Waals surface area contributed by atoms with E-state index in [1.54, 1.807) is 13.4 Å². The third-order valence-corrected chi connectivity index (χ3v) is 5.43. The van der Waals surface area contributed by atoms with E-state index in [0.717, 1.165) is 72.1 Å². The summed E-state index contributed by atoms with van der Waals surface area (Å²) < 4.78 is 13.2. The van der Waals surface area contributed by atoms with Crippen LogP contribution in [0.4, 0.5) is 5.82 Å². The van der Waals surface area contributed by atoms with Crippen LogP contribution in [0.5, 0.6) is 5.75 Å². The van der Waals surface area contributed by atoms with Crippen molar-refractivity contribution in [1.82, 2.24) is 19.5 Å².